The number of benzene rings is 2. The van der Waals surface area contributed by atoms with E-state index in [9.17, 15) is 29.2 Å². The van der Waals surface area contributed by atoms with Crippen LogP contribution in [0.4, 0.5) is 15.9 Å². The van der Waals surface area contributed by atoms with E-state index in [-0.39, 0.29) is 28.2 Å². The monoisotopic (exact) mass is 423 g/mol. The number of nitrogens with zero attached hydrogens (tertiary/aromatic N) is 3. The Hall–Kier alpha value is -4.34. The van der Waals surface area contributed by atoms with E-state index in [4.69, 9.17) is 4.52 Å². The molecule has 9 nitrogen and oxygen atoms in total. The van der Waals surface area contributed by atoms with Gasteiger partial charge in [0.1, 0.15) is 17.3 Å². The molecule has 0 radical (unpaired) electrons. The average molecular weight is 423 g/mol. The Morgan fingerprint density at radius 1 is 1.19 bits per heavy atom. The third-order valence-electron chi connectivity index (χ3n) is 4.82. The highest BCUT2D eigenvalue weighted by molar-refractivity contribution is 6.51. The van der Waals surface area contributed by atoms with Crippen LogP contribution in [0.25, 0.3) is 5.76 Å². The number of amides is 1. The van der Waals surface area contributed by atoms with Crippen LogP contribution in [-0.2, 0) is 9.59 Å². The van der Waals surface area contributed by atoms with Gasteiger partial charge in [0.2, 0.25) is 0 Å². The number of carbonyl (C=O) groups excluding carboxylic acids is 2. The number of aliphatic hydroxyl groups excluding tert-OH is 1. The van der Waals surface area contributed by atoms with Crippen molar-refractivity contribution >= 4 is 29.0 Å². The summed E-state index contributed by atoms with van der Waals surface area (Å²) in [6, 6.07) is 10.3. The van der Waals surface area contributed by atoms with Crippen LogP contribution in [0.5, 0.6) is 0 Å². The third-order valence-corrected chi connectivity index (χ3v) is 4.82. The Bertz CT molecular complexity index is 1250. The molecule has 1 aliphatic heterocycles. The lowest BCUT2D eigenvalue weighted by Gasteiger charge is -2.22. The number of aliphatic hydroxyl groups is 1. The van der Waals surface area contributed by atoms with Crippen molar-refractivity contribution in [1.29, 1.82) is 0 Å². The summed E-state index contributed by atoms with van der Waals surface area (Å²) in [7, 11) is 0. The van der Waals surface area contributed by atoms with E-state index >= 15 is 0 Å². The molecule has 0 aliphatic carbocycles. The first-order valence-electron chi connectivity index (χ1n) is 9.02. The second kappa shape index (κ2) is 7.48. The van der Waals surface area contributed by atoms with Crippen LogP contribution in [0.2, 0.25) is 0 Å². The summed E-state index contributed by atoms with van der Waals surface area (Å²) in [5.74, 6) is -2.72. The maximum absolute atomic E-state index is 13.3. The van der Waals surface area contributed by atoms with E-state index in [0.717, 1.165) is 17.0 Å². The summed E-state index contributed by atoms with van der Waals surface area (Å²) in [4.78, 5) is 37.4. The van der Waals surface area contributed by atoms with Crippen molar-refractivity contribution in [1.82, 2.24) is 5.16 Å². The minimum absolute atomic E-state index is 0.00858. The molecule has 1 fully saturated rings. The van der Waals surface area contributed by atoms with E-state index in [0.29, 0.717) is 5.76 Å². The topological polar surface area (TPSA) is 127 Å². The highest BCUT2D eigenvalue weighted by Crippen LogP contribution is 2.42. The first-order chi connectivity index (χ1) is 14.8. The maximum atomic E-state index is 13.3. The van der Waals surface area contributed by atoms with Crippen molar-refractivity contribution in [3.8, 4) is 0 Å². The van der Waals surface area contributed by atoms with Gasteiger partial charge >= 0.3 is 5.91 Å². The molecule has 4 rings (SSSR count). The van der Waals surface area contributed by atoms with Crippen molar-refractivity contribution in [2.75, 3.05) is 4.90 Å². The van der Waals surface area contributed by atoms with Crippen molar-refractivity contribution in [2.45, 2.75) is 13.0 Å². The van der Waals surface area contributed by atoms with Crippen molar-refractivity contribution < 1.29 is 28.5 Å². The predicted octanol–water partition coefficient (Wildman–Crippen LogP) is 3.66. The third kappa shape index (κ3) is 3.44. The molecule has 2 heterocycles. The van der Waals surface area contributed by atoms with E-state index in [1.165, 1.54) is 42.5 Å². The standard InChI is InChI=1S/C21H14FN3O6/c1-11-9-16(23-31-11)24-18(13-3-2-4-15(10-13)25(29)30)17(20(27)21(24)28)19(26)12-5-7-14(22)8-6-12/h2-10,18,26H,1H3. The van der Waals surface area contributed by atoms with Gasteiger partial charge in [-0.05, 0) is 36.8 Å². The van der Waals surface area contributed by atoms with E-state index in [1.807, 2.05) is 0 Å². The molecule has 1 N–H and O–H groups in total. The fraction of sp³-hybridized carbons (Fsp3) is 0.0952. The molecule has 1 atom stereocenters. The number of carbonyl (C=O) groups is 2. The highest BCUT2D eigenvalue weighted by atomic mass is 19.1. The van der Waals surface area contributed by atoms with E-state index in [2.05, 4.69) is 5.16 Å². The Labute approximate surface area is 174 Å². The molecule has 156 valence electrons. The molecule has 0 bridgehead atoms. The lowest BCUT2D eigenvalue weighted by Crippen LogP contribution is -2.29. The first kappa shape index (κ1) is 20.0. The SMILES string of the molecule is Cc1cc(N2C(=O)C(=O)C(=C(O)c3ccc(F)cc3)C2c2cccc([N+](=O)[O-])c2)no1. The number of rotatable bonds is 4. The molecule has 1 aromatic heterocycles. The van der Waals surface area contributed by atoms with Gasteiger partial charge in [-0.2, -0.15) is 0 Å². The average Bonchev–Trinajstić information content (AvgIpc) is 3.29. The summed E-state index contributed by atoms with van der Waals surface area (Å²) >= 11 is 0. The molecule has 0 spiro atoms. The van der Waals surface area contributed by atoms with Crippen LogP contribution in [0.1, 0.15) is 22.9 Å². The molecule has 10 heteroatoms. The Balaban J connectivity index is 1.96. The van der Waals surface area contributed by atoms with Gasteiger partial charge in [0.15, 0.2) is 5.82 Å². The molecule has 31 heavy (non-hydrogen) atoms. The molecule has 1 unspecified atom stereocenters. The molecular weight excluding hydrogens is 409 g/mol. The van der Waals surface area contributed by atoms with Crippen LogP contribution in [0.15, 0.2) is 64.7 Å². The van der Waals surface area contributed by atoms with Gasteiger partial charge in [-0.15, -0.1) is 0 Å². The molecule has 1 amide bonds. The number of non-ortho nitro benzene ring substituents is 1. The number of ketones is 1. The number of anilines is 1. The lowest BCUT2D eigenvalue weighted by atomic mass is 9.95. The fourth-order valence-corrected chi connectivity index (χ4v) is 3.42. The second-order valence-electron chi connectivity index (χ2n) is 6.82. The van der Waals surface area contributed by atoms with E-state index < -0.39 is 34.2 Å². The number of nitro benzene ring substituents is 1. The fourth-order valence-electron chi connectivity index (χ4n) is 3.42. The summed E-state index contributed by atoms with van der Waals surface area (Å²) in [6.07, 6.45) is 0. The Morgan fingerprint density at radius 2 is 1.90 bits per heavy atom. The number of hydrogen-bond acceptors (Lipinski definition) is 7. The van der Waals surface area contributed by atoms with Crippen LogP contribution >= 0.6 is 0 Å². The van der Waals surface area contributed by atoms with Gasteiger partial charge in [-0.1, -0.05) is 17.3 Å². The predicted molar refractivity (Wildman–Crippen MR) is 106 cm³/mol. The lowest BCUT2D eigenvalue weighted by molar-refractivity contribution is -0.384. The summed E-state index contributed by atoms with van der Waals surface area (Å²) in [5.41, 5.74) is -0.261. The smallest absolute Gasteiger partial charge is 0.301 e. The second-order valence-corrected chi connectivity index (χ2v) is 6.82. The summed E-state index contributed by atoms with van der Waals surface area (Å²) in [6.45, 7) is 1.59. The molecular formula is C21H14FN3O6. The van der Waals surface area contributed by atoms with Crippen molar-refractivity contribution in [3.05, 3.63) is 93.0 Å². The number of aromatic nitrogens is 1. The highest BCUT2D eigenvalue weighted by Gasteiger charge is 2.48. The zero-order chi connectivity index (χ0) is 22.3. The number of aryl methyl sites for hydroxylation is 1. The Morgan fingerprint density at radius 3 is 2.52 bits per heavy atom. The molecule has 0 saturated carbocycles. The summed E-state index contributed by atoms with van der Waals surface area (Å²) in [5, 5.41) is 25.9. The van der Waals surface area contributed by atoms with Gasteiger partial charge in [0.05, 0.1) is 16.5 Å². The number of halogens is 1. The zero-order valence-corrected chi connectivity index (χ0v) is 16.0. The van der Waals surface area contributed by atoms with E-state index in [1.54, 1.807) is 6.92 Å². The quantitative estimate of drug-likeness (QED) is 0.223. The number of Topliss-reactive ketones (excluding diaryl/α,β-unsaturated/α-hetero) is 1. The van der Waals surface area contributed by atoms with Gasteiger partial charge in [-0.3, -0.25) is 24.6 Å². The minimum Gasteiger partial charge on any atom is -0.507 e. The largest absolute Gasteiger partial charge is 0.507 e. The summed E-state index contributed by atoms with van der Waals surface area (Å²) < 4.78 is 18.3. The van der Waals surface area contributed by atoms with Crippen LogP contribution < -0.4 is 4.90 Å². The normalized spacial score (nSPS) is 17.9. The van der Waals surface area contributed by atoms with Gasteiger partial charge < -0.3 is 9.63 Å². The Kier molecular flexibility index (Phi) is 4.82. The van der Waals surface area contributed by atoms with Crippen molar-refractivity contribution in [3.63, 3.8) is 0 Å². The van der Waals surface area contributed by atoms with Crippen molar-refractivity contribution in [2.24, 2.45) is 0 Å². The van der Waals surface area contributed by atoms with Crippen LogP contribution in [0, 0.1) is 22.9 Å². The number of hydrogen-bond donors (Lipinski definition) is 1. The molecule has 3 aromatic rings. The first-order valence-corrected chi connectivity index (χ1v) is 9.02. The molecule has 1 aliphatic rings. The van der Waals surface area contributed by atoms with Crippen LogP contribution in [-0.4, -0.2) is 26.9 Å². The van der Waals surface area contributed by atoms with Crippen LogP contribution in [0.3, 0.4) is 0 Å². The molecule has 2 aromatic carbocycles. The molecule has 1 saturated heterocycles. The maximum Gasteiger partial charge on any atom is 0.301 e. The minimum atomic E-state index is -1.21. The van der Waals surface area contributed by atoms with Gasteiger partial charge in [0.25, 0.3) is 11.5 Å². The van der Waals surface area contributed by atoms with Gasteiger partial charge in [-0.25, -0.2) is 4.39 Å². The van der Waals surface area contributed by atoms with Gasteiger partial charge in [0, 0.05) is 23.8 Å². The zero-order valence-electron chi connectivity index (χ0n) is 16.0. The number of nitro groups is 1.